The van der Waals surface area contributed by atoms with Gasteiger partial charge in [-0.1, -0.05) is 24.3 Å². The van der Waals surface area contributed by atoms with Crippen molar-refractivity contribution >= 4 is 27.3 Å². The van der Waals surface area contributed by atoms with E-state index in [0.29, 0.717) is 31.9 Å². The highest BCUT2D eigenvalue weighted by atomic mass is 32.1. The number of carbonyl (C=O) groups is 1. The molecule has 3 aliphatic heterocycles. The molecule has 1 saturated heterocycles. The Kier molecular flexibility index (Phi) is 8.25. The van der Waals surface area contributed by atoms with Crippen LogP contribution in [0.5, 0.6) is 11.5 Å². The lowest BCUT2D eigenvalue weighted by Gasteiger charge is -2.39. The number of aliphatic hydroxyl groups is 1. The highest BCUT2D eigenvalue weighted by Gasteiger charge is 2.40. The van der Waals surface area contributed by atoms with Crippen LogP contribution in [-0.2, 0) is 20.8 Å². The summed E-state index contributed by atoms with van der Waals surface area (Å²) in [5.74, 6) is 1.82. The van der Waals surface area contributed by atoms with Gasteiger partial charge in [0.1, 0.15) is 0 Å². The summed E-state index contributed by atoms with van der Waals surface area (Å²) in [6.45, 7) is 6.42. The molecule has 0 spiro atoms. The van der Waals surface area contributed by atoms with Crippen LogP contribution in [0.3, 0.4) is 0 Å². The van der Waals surface area contributed by atoms with Crippen LogP contribution in [0.4, 0.5) is 0 Å². The average molecular weight is 565 g/mol. The summed E-state index contributed by atoms with van der Waals surface area (Å²) in [6, 6.07) is 14.4. The van der Waals surface area contributed by atoms with Crippen molar-refractivity contribution in [1.29, 1.82) is 0 Å². The molecular weight excluding hydrogens is 528 g/mol. The Bertz CT molecular complexity index is 1360. The summed E-state index contributed by atoms with van der Waals surface area (Å²) >= 11 is 1.72. The van der Waals surface area contributed by atoms with E-state index >= 15 is 0 Å². The number of hydrogen-bond donors (Lipinski definition) is 1. The fourth-order valence-electron chi connectivity index (χ4n) is 5.93. The number of rotatable bonds is 9. The normalized spacial score (nSPS) is 22.8. The second kappa shape index (κ2) is 12.2. The fraction of sp³-hybridized carbons (Fsp3) is 0.452. The van der Waals surface area contributed by atoms with Crippen molar-refractivity contribution < 1.29 is 28.8 Å². The molecule has 2 aromatic carbocycles. The van der Waals surface area contributed by atoms with Crippen LogP contribution in [0, 0.1) is 5.92 Å². The zero-order valence-corrected chi connectivity index (χ0v) is 23.6. The molecule has 3 aromatic rings. The zero-order valence-electron chi connectivity index (χ0n) is 22.8. The summed E-state index contributed by atoms with van der Waals surface area (Å²) in [5.41, 5.74) is 2.36. The number of piperazine rings is 1. The van der Waals surface area contributed by atoms with Gasteiger partial charge < -0.3 is 29.0 Å². The first-order chi connectivity index (χ1) is 19.6. The molecule has 1 N–H and O–H groups in total. The van der Waals surface area contributed by atoms with Gasteiger partial charge >= 0.3 is 0 Å². The molecule has 212 valence electrons. The molecule has 3 aliphatic rings. The van der Waals surface area contributed by atoms with Gasteiger partial charge in [0.15, 0.2) is 17.3 Å². The molecule has 1 fully saturated rings. The molecule has 0 unspecified atom stereocenters. The van der Waals surface area contributed by atoms with E-state index in [1.807, 2.05) is 30.0 Å². The monoisotopic (exact) mass is 564 g/mol. The predicted octanol–water partition coefficient (Wildman–Crippen LogP) is 4.72. The third kappa shape index (κ3) is 5.56. The Hall–Kier alpha value is -3.11. The lowest BCUT2D eigenvalue weighted by molar-refractivity contribution is -0.170. The number of ether oxygens (including phenoxy) is 4. The van der Waals surface area contributed by atoms with Crippen LogP contribution in [0.2, 0.25) is 0 Å². The highest BCUT2D eigenvalue weighted by Crippen LogP contribution is 2.43. The van der Waals surface area contributed by atoms with E-state index in [0.717, 1.165) is 37.6 Å². The third-order valence-electron chi connectivity index (χ3n) is 7.99. The lowest BCUT2D eigenvalue weighted by atomic mass is 9.80. The molecule has 3 atom stereocenters. The number of carbonyl (C=O) groups excluding carboxylic acids is 1. The van der Waals surface area contributed by atoms with Gasteiger partial charge in [0.2, 0.25) is 13.1 Å². The minimum Gasteiger partial charge on any atom is -0.459 e. The Morgan fingerprint density at radius 3 is 2.75 bits per heavy atom. The van der Waals surface area contributed by atoms with Gasteiger partial charge in [-0.2, -0.15) is 0 Å². The maximum absolute atomic E-state index is 13.8. The molecule has 6 rings (SSSR count). The van der Waals surface area contributed by atoms with E-state index in [1.165, 1.54) is 21.2 Å². The Morgan fingerprint density at radius 1 is 1.10 bits per heavy atom. The molecule has 40 heavy (non-hydrogen) atoms. The number of hydrogen-bond acceptors (Lipinski definition) is 8. The molecule has 0 saturated carbocycles. The van der Waals surface area contributed by atoms with Crippen LogP contribution < -0.4 is 9.47 Å². The zero-order chi connectivity index (χ0) is 27.5. The van der Waals surface area contributed by atoms with E-state index in [1.54, 1.807) is 11.3 Å². The summed E-state index contributed by atoms with van der Waals surface area (Å²) in [6.07, 6.45) is 2.86. The van der Waals surface area contributed by atoms with E-state index < -0.39 is 6.29 Å². The quantitative estimate of drug-likeness (QED) is 0.403. The molecule has 0 aliphatic carbocycles. The van der Waals surface area contributed by atoms with E-state index in [9.17, 15) is 9.90 Å². The van der Waals surface area contributed by atoms with Crippen molar-refractivity contribution in [2.24, 2.45) is 5.92 Å². The largest absolute Gasteiger partial charge is 0.459 e. The van der Waals surface area contributed by atoms with Crippen LogP contribution in [-0.4, -0.2) is 73.3 Å². The van der Waals surface area contributed by atoms with Crippen LogP contribution in [0.25, 0.3) is 10.1 Å². The molecule has 1 amide bonds. The van der Waals surface area contributed by atoms with Gasteiger partial charge in [0.25, 0.3) is 5.91 Å². The third-order valence-corrected chi connectivity index (χ3v) is 8.98. The predicted molar refractivity (Wildman–Crippen MR) is 153 cm³/mol. The average Bonchev–Trinajstić information content (AvgIpc) is 3.63. The minimum atomic E-state index is -0.545. The molecule has 0 radical (unpaired) electrons. The number of thiophene rings is 1. The van der Waals surface area contributed by atoms with E-state index in [2.05, 4.69) is 40.6 Å². The van der Waals surface area contributed by atoms with Gasteiger partial charge in [0.05, 0.1) is 0 Å². The van der Waals surface area contributed by atoms with Crippen molar-refractivity contribution in [2.75, 3.05) is 46.2 Å². The van der Waals surface area contributed by atoms with Gasteiger partial charge in [-0.05, 0) is 65.9 Å². The topological polar surface area (TPSA) is 80.7 Å². The number of nitrogens with zero attached hydrogens (tertiary/aromatic N) is 2. The van der Waals surface area contributed by atoms with Crippen molar-refractivity contribution in [3.05, 3.63) is 70.8 Å². The molecule has 9 heteroatoms. The summed E-state index contributed by atoms with van der Waals surface area (Å²) in [7, 11) is 0. The van der Waals surface area contributed by atoms with Crippen molar-refractivity contribution in [2.45, 2.75) is 38.5 Å². The standard InChI is InChI=1S/C31H36N2O6S/c1-2-36-31-23(7-5-15-34)24(25-19-40-29-8-4-3-6-22(25)29)17-28(39-31)30(35)33-13-11-32(12-14-33)18-21-9-10-26-27(16-21)38-20-37-26/h3-4,6,8-10,16-17,19,23-24,31,34H,2,5,7,11-15,18,20H2,1H3/t23-,24-,31+/m1/s1. The number of aliphatic hydroxyl groups excluding tert-OH is 1. The van der Waals surface area contributed by atoms with Gasteiger partial charge in [0, 0.05) is 62.5 Å². The number of amides is 1. The SMILES string of the molecule is CCO[C@H]1OC(C(=O)N2CCN(Cc3ccc4c(c3)OCO4)CC2)=C[C@@H](c2csc3ccccc23)[C@H]1CCCO. The molecule has 1 aromatic heterocycles. The number of allylic oxidation sites excluding steroid dienone is 1. The second-order valence-electron chi connectivity index (χ2n) is 10.5. The molecule has 8 nitrogen and oxygen atoms in total. The van der Waals surface area contributed by atoms with Crippen molar-refractivity contribution in [3.63, 3.8) is 0 Å². The number of benzene rings is 2. The van der Waals surface area contributed by atoms with Gasteiger partial charge in [-0.25, -0.2) is 0 Å². The maximum Gasteiger partial charge on any atom is 0.288 e. The maximum atomic E-state index is 13.8. The molecule has 4 heterocycles. The summed E-state index contributed by atoms with van der Waals surface area (Å²) in [5, 5.41) is 13.0. The smallest absolute Gasteiger partial charge is 0.288 e. The van der Waals surface area contributed by atoms with Crippen molar-refractivity contribution in [1.82, 2.24) is 9.80 Å². The summed E-state index contributed by atoms with van der Waals surface area (Å²) < 4.78 is 24.5. The molecule has 0 bridgehead atoms. The van der Waals surface area contributed by atoms with Crippen molar-refractivity contribution in [3.8, 4) is 11.5 Å². The van der Waals surface area contributed by atoms with Crippen LogP contribution in [0.15, 0.2) is 59.7 Å². The van der Waals surface area contributed by atoms with E-state index in [-0.39, 0.29) is 31.1 Å². The van der Waals surface area contributed by atoms with E-state index in [4.69, 9.17) is 18.9 Å². The van der Waals surface area contributed by atoms with Crippen LogP contribution >= 0.6 is 11.3 Å². The van der Waals surface area contributed by atoms with Crippen LogP contribution in [0.1, 0.15) is 36.8 Å². The van der Waals surface area contributed by atoms with Gasteiger partial charge in [-0.3, -0.25) is 9.69 Å². The Morgan fingerprint density at radius 2 is 1.93 bits per heavy atom. The minimum absolute atomic E-state index is 0.000189. The summed E-state index contributed by atoms with van der Waals surface area (Å²) in [4.78, 5) is 18.0. The lowest BCUT2D eigenvalue weighted by Crippen LogP contribution is -2.49. The second-order valence-corrected chi connectivity index (χ2v) is 11.4. The van der Waals surface area contributed by atoms with Gasteiger partial charge in [-0.15, -0.1) is 11.3 Å². The first kappa shape index (κ1) is 27.1. The fourth-order valence-corrected chi connectivity index (χ4v) is 6.94. The highest BCUT2D eigenvalue weighted by molar-refractivity contribution is 7.17. The number of fused-ring (bicyclic) bond motifs is 2. The molecular formula is C31H36N2O6S. The first-order valence-electron chi connectivity index (χ1n) is 14.1. The first-order valence-corrected chi connectivity index (χ1v) is 15.0. The Labute approximate surface area is 238 Å². The Balaban J connectivity index is 1.19.